The van der Waals surface area contributed by atoms with E-state index in [9.17, 15) is 37.5 Å². The molecule has 0 spiro atoms. The maximum absolute atomic E-state index is 15.4. The minimum atomic E-state index is -0.662. The van der Waals surface area contributed by atoms with E-state index in [4.69, 9.17) is 61.4 Å². The Labute approximate surface area is 741 Å². The van der Waals surface area contributed by atoms with Gasteiger partial charge in [0.1, 0.15) is 46.9 Å². The predicted molar refractivity (Wildman–Crippen MR) is 489 cm³/mol. The van der Waals surface area contributed by atoms with Gasteiger partial charge in [0, 0.05) is 105 Å². The smallest absolute Gasteiger partial charge is 0.349 e. The number of carbonyl (C=O) groups excluding carboxylic acids is 3. The Balaban J connectivity index is 0.000000161. The summed E-state index contributed by atoms with van der Waals surface area (Å²) in [6.07, 6.45) is 8.69. The predicted octanol–water partition coefficient (Wildman–Crippen LogP) is 17.4. The number of piperazine rings is 3. The van der Waals surface area contributed by atoms with E-state index in [0.717, 1.165) is 16.8 Å². The average Bonchev–Trinajstić information content (AvgIpc) is 0.741. The van der Waals surface area contributed by atoms with Gasteiger partial charge in [-0.25, -0.2) is 66.2 Å². The molecule has 12 heterocycles. The van der Waals surface area contributed by atoms with Gasteiger partial charge in [0.05, 0.1) is 76.8 Å². The van der Waals surface area contributed by atoms with Crippen molar-refractivity contribution in [3.05, 3.63) is 256 Å². The molecule has 6 unspecified atom stereocenters. The number of hydrogen-bond donors (Lipinski definition) is 0. The Morgan fingerprint density at radius 2 is 0.752 bits per heavy atom. The Bertz CT molecular complexity index is 6280. The van der Waals surface area contributed by atoms with Crippen LogP contribution in [-0.4, -0.2) is 171 Å². The number of nitrogens with zero attached hydrogens (tertiary/aromatic N) is 19. The lowest BCUT2D eigenvalue weighted by Crippen LogP contribution is -2.58. The first-order chi connectivity index (χ1) is 59.4. The standard InChI is InChI=1S/2C32H34ClFN6O2.C29H28Cl2FN7O2/c1-8-26(41)38-15-20(6)39(16-19(38)5)30-23-14-24(33)28(22-10-9-11-25(34)21(22)7)36-31(23)40(32(42)37-30)29-18(4)12-13-35-27(29)17(2)3;1-8-25(41)38-15-21(7)39(16-20(38)6)30-23-14-24(33)28(22-11-9-10-18(4)26(22)34)36-31(23)40(32(42)37-30)29-19(5)12-13-35-27(29)17(2)3;1-6-22(40)37-12-17(5)38(13-16(37)4)27-19-11-20(30)24(18-9-7-8-10-21(18)32)35-28(19)39(29(41)36-27)25-23(15(2)3)33-14-34-26(25)31/h8-14,17,19-20H,1,15-16H2,2-7H3;8-14,17,20-21H,1,15-16H2,2-7H3;6-11,14-17H,1,12-13H2,2-5H3. The van der Waals surface area contributed by atoms with Gasteiger partial charge < -0.3 is 29.4 Å². The number of pyridine rings is 5. The highest BCUT2D eigenvalue weighted by Gasteiger charge is 2.39. The normalized spacial score (nSPS) is 17.3. The molecule has 25 nitrogen and oxygen atoms in total. The number of benzene rings is 3. The zero-order valence-corrected chi connectivity index (χ0v) is 75.3. The van der Waals surface area contributed by atoms with Crippen LogP contribution in [0.3, 0.4) is 0 Å². The van der Waals surface area contributed by atoms with Crippen LogP contribution in [0, 0.1) is 45.1 Å². The summed E-state index contributed by atoms with van der Waals surface area (Å²) in [5.41, 5.74) is 6.73. The largest absolute Gasteiger partial charge is 0.356 e. The van der Waals surface area contributed by atoms with Crippen molar-refractivity contribution >= 4 is 115 Å². The fraction of sp³-hybridized carbons (Fsp3) is 0.333. The summed E-state index contributed by atoms with van der Waals surface area (Å²) < 4.78 is 49.1. The molecule has 0 N–H and O–H groups in total. The summed E-state index contributed by atoms with van der Waals surface area (Å²) in [5.74, 6) is -0.708. The number of hydrogen-bond acceptors (Lipinski definition) is 19. The van der Waals surface area contributed by atoms with Crippen LogP contribution in [0.25, 0.3) is 83.9 Å². The molecule has 0 saturated carbocycles. The van der Waals surface area contributed by atoms with Crippen LogP contribution < -0.4 is 31.8 Å². The van der Waals surface area contributed by atoms with Gasteiger partial charge in [-0.3, -0.25) is 24.4 Å². The lowest BCUT2D eigenvalue weighted by Gasteiger charge is -2.44. The second-order valence-corrected chi connectivity index (χ2v) is 34.4. The van der Waals surface area contributed by atoms with Crippen molar-refractivity contribution in [1.82, 2.24) is 78.2 Å². The average molecular weight is 1770 g/mol. The Hall–Kier alpha value is -12.1. The molecule has 3 aromatic carbocycles. The van der Waals surface area contributed by atoms with Crippen molar-refractivity contribution < 1.29 is 27.6 Å². The van der Waals surface area contributed by atoms with E-state index in [-0.39, 0.29) is 127 Å². The summed E-state index contributed by atoms with van der Waals surface area (Å²) in [4.78, 5) is 137. The molecule has 3 fully saturated rings. The van der Waals surface area contributed by atoms with Crippen molar-refractivity contribution in [2.75, 3.05) is 54.0 Å². The zero-order valence-electron chi connectivity index (χ0n) is 72.3. The summed E-state index contributed by atoms with van der Waals surface area (Å²) in [5, 5.41) is 2.31. The minimum Gasteiger partial charge on any atom is -0.349 e. The second kappa shape index (κ2) is 37.0. The van der Waals surface area contributed by atoms with E-state index in [2.05, 4.69) is 54.6 Å². The van der Waals surface area contributed by atoms with Crippen LogP contribution >= 0.6 is 46.4 Å². The van der Waals surface area contributed by atoms with Gasteiger partial charge >= 0.3 is 17.1 Å². The van der Waals surface area contributed by atoms with Gasteiger partial charge in [-0.15, -0.1) is 0 Å². The van der Waals surface area contributed by atoms with Gasteiger partial charge in [-0.2, -0.15) is 15.0 Å². The quantitative estimate of drug-likeness (QED) is 0.0682. The SMILES string of the molecule is C=CC(=O)N1CC(C)N(c2nc(=O)n(-c3c(C)ccnc3C(C)C)c3nc(-c4cccc(C)c4F)c(Cl)cc23)CC1C.C=CC(=O)N1CC(C)N(c2nc(=O)n(-c3c(C)ccnc3C(C)C)c3nc(-c4cccc(F)c4C)c(Cl)cc23)CC1C.C=CC(=O)N1CC(C)N(c2nc(=O)n(-c3c(Cl)ncnc3C(C)C)c3nc(-c4ccccc4F)c(Cl)cc23)CC1C. The highest BCUT2D eigenvalue weighted by atomic mass is 35.5. The van der Waals surface area contributed by atoms with Crippen molar-refractivity contribution in [1.29, 1.82) is 0 Å². The third kappa shape index (κ3) is 17.4. The lowest BCUT2D eigenvalue weighted by molar-refractivity contribution is -0.129. The summed E-state index contributed by atoms with van der Waals surface area (Å²) in [7, 11) is 0. The molecular formula is C93H96Cl4F3N19O6. The molecular weight excluding hydrogens is 1680 g/mol. The molecule has 9 aromatic heterocycles. The van der Waals surface area contributed by atoms with Crippen LogP contribution in [-0.2, 0) is 14.4 Å². The molecule has 0 aliphatic carbocycles. The van der Waals surface area contributed by atoms with Gasteiger partial charge in [-0.05, 0) is 182 Å². The number of amides is 3. The Morgan fingerprint density at radius 3 is 1.14 bits per heavy atom. The summed E-state index contributed by atoms with van der Waals surface area (Å²) >= 11 is 27.0. The fourth-order valence-corrected chi connectivity index (χ4v) is 17.6. The molecule has 3 aliphatic rings. The van der Waals surface area contributed by atoms with Crippen LogP contribution in [0.2, 0.25) is 20.2 Å². The first kappa shape index (κ1) is 90.6. The van der Waals surface area contributed by atoms with Gasteiger partial charge in [-0.1, -0.05) is 144 Å². The Morgan fingerprint density at radius 1 is 0.408 bits per heavy atom. The van der Waals surface area contributed by atoms with Gasteiger partial charge in [0.2, 0.25) is 17.7 Å². The molecule has 32 heteroatoms. The highest BCUT2D eigenvalue weighted by Crippen LogP contribution is 2.43. The maximum Gasteiger partial charge on any atom is 0.356 e. The molecule has 3 amide bonds. The summed E-state index contributed by atoms with van der Waals surface area (Å²) in [6, 6.07) is 23.7. The molecule has 3 aliphatic heterocycles. The van der Waals surface area contributed by atoms with Crippen molar-refractivity contribution in [2.45, 2.75) is 165 Å². The minimum absolute atomic E-state index is 0.00105. The molecule has 125 heavy (non-hydrogen) atoms. The molecule has 6 atom stereocenters. The van der Waals surface area contributed by atoms with Crippen LogP contribution in [0.15, 0.2) is 162 Å². The van der Waals surface area contributed by atoms with Crippen LogP contribution in [0.5, 0.6) is 0 Å². The number of aromatic nitrogens is 13. The van der Waals surface area contributed by atoms with Gasteiger partial charge in [0.15, 0.2) is 22.1 Å². The summed E-state index contributed by atoms with van der Waals surface area (Å²) in [6.45, 7) is 44.1. The molecule has 15 rings (SSSR count). The maximum atomic E-state index is 15.4. The first-order valence-corrected chi connectivity index (χ1v) is 42.6. The van der Waals surface area contributed by atoms with Crippen molar-refractivity contribution in [3.63, 3.8) is 0 Å². The first-order valence-electron chi connectivity index (χ1n) is 41.1. The van der Waals surface area contributed by atoms with Crippen LogP contribution in [0.1, 0.15) is 140 Å². The van der Waals surface area contributed by atoms with E-state index in [1.54, 1.807) is 108 Å². The number of rotatable bonds is 15. The molecule has 0 bridgehead atoms. The van der Waals surface area contributed by atoms with E-state index in [0.29, 0.717) is 134 Å². The highest BCUT2D eigenvalue weighted by molar-refractivity contribution is 6.35. The van der Waals surface area contributed by atoms with Crippen molar-refractivity contribution in [2.24, 2.45) is 0 Å². The number of anilines is 3. The number of carbonyl (C=O) groups is 3. The third-order valence-corrected chi connectivity index (χ3v) is 24.2. The van der Waals surface area contributed by atoms with Gasteiger partial charge in [0.25, 0.3) is 0 Å². The lowest BCUT2D eigenvalue weighted by atomic mass is 10.0. The zero-order chi connectivity index (χ0) is 90.5. The fourth-order valence-electron chi connectivity index (χ4n) is 16.6. The van der Waals surface area contributed by atoms with E-state index >= 15 is 4.39 Å². The monoisotopic (exact) mass is 1770 g/mol. The number of aryl methyl sites for hydroxylation is 3. The second-order valence-electron chi connectivity index (χ2n) is 32.8. The molecule has 3 saturated heterocycles. The van der Waals surface area contributed by atoms with Crippen LogP contribution in [0.4, 0.5) is 30.6 Å². The van der Waals surface area contributed by atoms with E-state index in [1.807, 2.05) is 124 Å². The molecule has 648 valence electrons. The van der Waals surface area contributed by atoms with E-state index < -0.39 is 28.7 Å². The number of halogens is 7. The molecule has 0 radical (unpaired) electrons. The Kier molecular flexibility index (Phi) is 26.8. The van der Waals surface area contributed by atoms with E-state index in [1.165, 1.54) is 50.4 Å². The number of fused-ring (bicyclic) bond motifs is 3. The topological polar surface area (TPSA) is 266 Å². The third-order valence-electron chi connectivity index (χ3n) is 23.1. The van der Waals surface area contributed by atoms with Crippen molar-refractivity contribution in [3.8, 4) is 50.8 Å². The molecule has 12 aromatic rings.